The number of methoxy groups -OCH3 is 1. The first-order valence-corrected chi connectivity index (χ1v) is 7.81. The number of aromatic nitrogens is 1. The Morgan fingerprint density at radius 3 is 3.09 bits per heavy atom. The average molecular weight is 298 g/mol. The molecule has 1 N–H and O–H groups in total. The van der Waals surface area contributed by atoms with Gasteiger partial charge in [0, 0.05) is 36.5 Å². The molecule has 2 aromatic rings. The molecule has 0 bridgehead atoms. The number of hydrogen-bond acceptors (Lipinski definition) is 4. The Labute approximate surface area is 131 Å². The molecule has 4 nitrogen and oxygen atoms in total. The second kappa shape index (κ2) is 7.27. The van der Waals surface area contributed by atoms with Crippen LogP contribution in [-0.2, 0) is 6.42 Å². The molecule has 3 rings (SSSR count). The third kappa shape index (κ3) is 3.57. The SMILES string of the molecule is COc1ccc2c(c1)[C@@H](NCCc1ccccn1)CCCO2. The van der Waals surface area contributed by atoms with Crippen LogP contribution in [0, 0.1) is 0 Å². The highest BCUT2D eigenvalue weighted by molar-refractivity contribution is 5.42. The van der Waals surface area contributed by atoms with Gasteiger partial charge < -0.3 is 14.8 Å². The summed E-state index contributed by atoms with van der Waals surface area (Å²) >= 11 is 0. The fourth-order valence-electron chi connectivity index (χ4n) is 2.81. The van der Waals surface area contributed by atoms with Gasteiger partial charge in [0.25, 0.3) is 0 Å². The van der Waals surface area contributed by atoms with Crippen molar-refractivity contribution in [2.24, 2.45) is 0 Å². The molecular weight excluding hydrogens is 276 g/mol. The zero-order valence-corrected chi connectivity index (χ0v) is 12.9. The summed E-state index contributed by atoms with van der Waals surface area (Å²) in [5, 5.41) is 3.64. The second-order valence-electron chi connectivity index (χ2n) is 5.47. The van der Waals surface area contributed by atoms with Crippen molar-refractivity contribution in [3.63, 3.8) is 0 Å². The molecule has 116 valence electrons. The van der Waals surface area contributed by atoms with E-state index in [-0.39, 0.29) is 0 Å². The van der Waals surface area contributed by atoms with E-state index in [1.165, 1.54) is 5.56 Å². The van der Waals surface area contributed by atoms with Crippen LogP contribution in [0.3, 0.4) is 0 Å². The molecule has 0 spiro atoms. The highest BCUT2D eigenvalue weighted by Crippen LogP contribution is 2.34. The number of fused-ring (bicyclic) bond motifs is 1. The molecule has 1 aliphatic rings. The van der Waals surface area contributed by atoms with Crippen LogP contribution >= 0.6 is 0 Å². The lowest BCUT2D eigenvalue weighted by Crippen LogP contribution is -2.23. The summed E-state index contributed by atoms with van der Waals surface area (Å²) in [5.41, 5.74) is 2.31. The minimum Gasteiger partial charge on any atom is -0.497 e. The van der Waals surface area contributed by atoms with E-state index < -0.39 is 0 Å². The van der Waals surface area contributed by atoms with Crippen molar-refractivity contribution in [2.45, 2.75) is 25.3 Å². The maximum Gasteiger partial charge on any atom is 0.124 e. The molecule has 0 radical (unpaired) electrons. The van der Waals surface area contributed by atoms with E-state index in [4.69, 9.17) is 9.47 Å². The van der Waals surface area contributed by atoms with E-state index in [2.05, 4.69) is 22.4 Å². The maximum atomic E-state index is 5.83. The number of hydrogen-bond donors (Lipinski definition) is 1. The van der Waals surface area contributed by atoms with E-state index >= 15 is 0 Å². The third-order valence-electron chi connectivity index (χ3n) is 3.99. The lowest BCUT2D eigenvalue weighted by atomic mass is 10.0. The van der Waals surface area contributed by atoms with Gasteiger partial charge in [-0.25, -0.2) is 0 Å². The van der Waals surface area contributed by atoms with E-state index in [0.29, 0.717) is 6.04 Å². The molecule has 0 unspecified atom stereocenters. The van der Waals surface area contributed by atoms with Crippen LogP contribution in [0.2, 0.25) is 0 Å². The predicted octanol–water partition coefficient (Wildman–Crippen LogP) is 3.14. The van der Waals surface area contributed by atoms with Crippen LogP contribution in [0.15, 0.2) is 42.6 Å². The van der Waals surface area contributed by atoms with E-state index in [1.54, 1.807) is 7.11 Å². The molecule has 1 aliphatic heterocycles. The topological polar surface area (TPSA) is 43.4 Å². The van der Waals surface area contributed by atoms with Crippen LogP contribution in [0.25, 0.3) is 0 Å². The number of pyridine rings is 1. The van der Waals surface area contributed by atoms with Crippen LogP contribution in [0.5, 0.6) is 11.5 Å². The number of ether oxygens (including phenoxy) is 2. The molecule has 0 saturated heterocycles. The Kier molecular flexibility index (Phi) is 4.91. The molecule has 4 heteroatoms. The monoisotopic (exact) mass is 298 g/mol. The molecule has 0 amide bonds. The van der Waals surface area contributed by atoms with Gasteiger partial charge in [-0.3, -0.25) is 4.98 Å². The lowest BCUT2D eigenvalue weighted by molar-refractivity contribution is 0.314. The van der Waals surface area contributed by atoms with E-state index in [1.807, 2.05) is 30.5 Å². The number of nitrogens with zero attached hydrogens (tertiary/aromatic N) is 1. The van der Waals surface area contributed by atoms with Crippen molar-refractivity contribution in [1.82, 2.24) is 10.3 Å². The van der Waals surface area contributed by atoms with E-state index in [0.717, 1.165) is 49.6 Å². The molecule has 0 aliphatic carbocycles. The van der Waals surface area contributed by atoms with Gasteiger partial charge in [0.2, 0.25) is 0 Å². The molecule has 1 aromatic heterocycles. The summed E-state index contributed by atoms with van der Waals surface area (Å²) < 4.78 is 11.2. The zero-order chi connectivity index (χ0) is 15.2. The van der Waals surface area contributed by atoms with Gasteiger partial charge in [0.1, 0.15) is 11.5 Å². The van der Waals surface area contributed by atoms with Gasteiger partial charge in [0.05, 0.1) is 13.7 Å². The van der Waals surface area contributed by atoms with Crippen molar-refractivity contribution >= 4 is 0 Å². The smallest absolute Gasteiger partial charge is 0.124 e. The standard InChI is InChI=1S/C18H22N2O2/c1-21-15-7-8-18-16(13-15)17(6-4-12-22-18)20-11-9-14-5-2-3-10-19-14/h2-3,5,7-8,10,13,17,20H,4,6,9,11-12H2,1H3/t17-/m0/s1. The van der Waals surface area contributed by atoms with Crippen LogP contribution in [-0.4, -0.2) is 25.2 Å². The minimum absolute atomic E-state index is 0.302. The molecule has 22 heavy (non-hydrogen) atoms. The highest BCUT2D eigenvalue weighted by atomic mass is 16.5. The number of benzene rings is 1. The van der Waals surface area contributed by atoms with Crippen molar-refractivity contribution in [1.29, 1.82) is 0 Å². The fraction of sp³-hybridized carbons (Fsp3) is 0.389. The largest absolute Gasteiger partial charge is 0.497 e. The van der Waals surface area contributed by atoms with Crippen molar-refractivity contribution in [2.75, 3.05) is 20.3 Å². The van der Waals surface area contributed by atoms with Gasteiger partial charge >= 0.3 is 0 Å². The summed E-state index contributed by atoms with van der Waals surface area (Å²) in [4.78, 5) is 4.37. The third-order valence-corrected chi connectivity index (χ3v) is 3.99. The summed E-state index contributed by atoms with van der Waals surface area (Å²) in [6.07, 6.45) is 4.90. The molecule has 0 fully saturated rings. The molecule has 0 saturated carbocycles. The van der Waals surface area contributed by atoms with Crippen LogP contribution in [0.4, 0.5) is 0 Å². The average Bonchev–Trinajstić information content (AvgIpc) is 2.78. The summed E-state index contributed by atoms with van der Waals surface area (Å²) in [6, 6.07) is 12.4. The van der Waals surface area contributed by atoms with Crippen LogP contribution < -0.4 is 14.8 Å². The Morgan fingerprint density at radius 1 is 1.32 bits per heavy atom. The van der Waals surface area contributed by atoms with Crippen molar-refractivity contribution < 1.29 is 9.47 Å². The molecular formula is C18H22N2O2. The first kappa shape index (κ1) is 14.9. The Hall–Kier alpha value is -2.07. The first-order valence-electron chi connectivity index (χ1n) is 7.81. The minimum atomic E-state index is 0.302. The molecule has 2 heterocycles. The number of rotatable bonds is 5. The van der Waals surface area contributed by atoms with Gasteiger partial charge in [-0.1, -0.05) is 6.07 Å². The molecule has 1 aromatic carbocycles. The lowest BCUT2D eigenvalue weighted by Gasteiger charge is -2.19. The van der Waals surface area contributed by atoms with Crippen molar-refractivity contribution in [3.8, 4) is 11.5 Å². The fourth-order valence-corrected chi connectivity index (χ4v) is 2.81. The summed E-state index contributed by atoms with van der Waals surface area (Å²) in [7, 11) is 1.70. The Balaban J connectivity index is 1.68. The van der Waals surface area contributed by atoms with Crippen LogP contribution in [0.1, 0.15) is 30.1 Å². The first-order chi connectivity index (χ1) is 10.9. The van der Waals surface area contributed by atoms with Gasteiger partial charge in [-0.05, 0) is 43.2 Å². The Bertz CT molecular complexity index is 601. The van der Waals surface area contributed by atoms with E-state index in [9.17, 15) is 0 Å². The summed E-state index contributed by atoms with van der Waals surface area (Å²) in [5.74, 6) is 1.84. The highest BCUT2D eigenvalue weighted by Gasteiger charge is 2.20. The maximum absolute atomic E-state index is 5.83. The van der Waals surface area contributed by atoms with Gasteiger partial charge in [-0.15, -0.1) is 0 Å². The van der Waals surface area contributed by atoms with Crippen molar-refractivity contribution in [3.05, 3.63) is 53.9 Å². The quantitative estimate of drug-likeness (QED) is 0.921. The Morgan fingerprint density at radius 2 is 2.27 bits per heavy atom. The predicted molar refractivity (Wildman–Crippen MR) is 86.4 cm³/mol. The second-order valence-corrected chi connectivity index (χ2v) is 5.47. The zero-order valence-electron chi connectivity index (χ0n) is 12.9. The van der Waals surface area contributed by atoms with Gasteiger partial charge in [0.15, 0.2) is 0 Å². The normalized spacial score (nSPS) is 17.2. The van der Waals surface area contributed by atoms with Gasteiger partial charge in [-0.2, -0.15) is 0 Å². The molecule has 1 atom stereocenters. The summed E-state index contributed by atoms with van der Waals surface area (Å²) in [6.45, 7) is 1.68. The number of nitrogens with one attached hydrogen (secondary N) is 1.